The number of terminal acetylenes is 1. The van der Waals surface area contributed by atoms with Crippen LogP contribution in [0.5, 0.6) is 0 Å². The van der Waals surface area contributed by atoms with Crippen LogP contribution in [0.4, 0.5) is 5.69 Å². The molecule has 0 spiro atoms. The average Bonchev–Trinajstić information content (AvgIpc) is 2.36. The fourth-order valence-corrected chi connectivity index (χ4v) is 1.63. The molecule has 18 heavy (non-hydrogen) atoms. The van der Waals surface area contributed by atoms with Crippen molar-refractivity contribution in [3.05, 3.63) is 29.8 Å². The number of benzene rings is 1. The topological polar surface area (TPSA) is 32.3 Å². The third-order valence-corrected chi connectivity index (χ3v) is 2.75. The summed E-state index contributed by atoms with van der Waals surface area (Å²) >= 11 is 0. The first-order valence-electron chi connectivity index (χ1n) is 6.06. The number of carbonyl (C=O) groups is 1. The second-order valence-electron chi connectivity index (χ2n) is 4.59. The highest BCUT2D eigenvalue weighted by Crippen LogP contribution is 2.20. The van der Waals surface area contributed by atoms with Gasteiger partial charge in [-0.15, -0.1) is 6.42 Å². The van der Waals surface area contributed by atoms with Gasteiger partial charge in [0, 0.05) is 12.7 Å². The third kappa shape index (κ3) is 4.14. The van der Waals surface area contributed by atoms with E-state index in [2.05, 4.69) is 37.2 Å². The van der Waals surface area contributed by atoms with Crippen LogP contribution < -0.4 is 10.2 Å². The van der Waals surface area contributed by atoms with Crippen LogP contribution in [-0.2, 0) is 4.79 Å². The predicted octanol–water partition coefficient (Wildman–Crippen LogP) is 2.00. The Morgan fingerprint density at radius 2 is 2.22 bits per heavy atom. The molecule has 0 aliphatic rings. The van der Waals surface area contributed by atoms with Crippen LogP contribution in [0.25, 0.3) is 0 Å². The van der Waals surface area contributed by atoms with E-state index in [4.69, 9.17) is 6.42 Å². The van der Waals surface area contributed by atoms with Gasteiger partial charge in [-0.2, -0.15) is 0 Å². The maximum absolute atomic E-state index is 11.6. The van der Waals surface area contributed by atoms with Gasteiger partial charge >= 0.3 is 0 Å². The van der Waals surface area contributed by atoms with Gasteiger partial charge < -0.3 is 10.2 Å². The molecule has 0 bridgehead atoms. The molecule has 1 amide bonds. The van der Waals surface area contributed by atoms with Gasteiger partial charge in [-0.3, -0.25) is 4.79 Å². The van der Waals surface area contributed by atoms with E-state index in [1.165, 1.54) is 5.56 Å². The molecule has 0 saturated carbocycles. The zero-order valence-corrected chi connectivity index (χ0v) is 11.2. The van der Waals surface area contributed by atoms with Crippen LogP contribution in [0.3, 0.4) is 0 Å². The minimum atomic E-state index is -0.0644. The van der Waals surface area contributed by atoms with E-state index in [1.807, 2.05) is 24.1 Å². The molecule has 0 fully saturated rings. The molecular weight excluding hydrogens is 224 g/mol. The summed E-state index contributed by atoms with van der Waals surface area (Å²) in [7, 11) is 1.90. The largest absolute Gasteiger partial charge is 0.365 e. The number of nitrogens with one attached hydrogen (secondary N) is 1. The molecular formula is C15H20N2O. The normalized spacial score (nSPS) is 9.94. The van der Waals surface area contributed by atoms with E-state index in [9.17, 15) is 4.79 Å². The lowest BCUT2D eigenvalue weighted by Gasteiger charge is -2.20. The van der Waals surface area contributed by atoms with E-state index in [-0.39, 0.29) is 12.5 Å². The van der Waals surface area contributed by atoms with Crippen LogP contribution in [-0.4, -0.2) is 26.0 Å². The van der Waals surface area contributed by atoms with Gasteiger partial charge in [0.2, 0.25) is 5.91 Å². The average molecular weight is 244 g/mol. The van der Waals surface area contributed by atoms with Crippen LogP contribution in [0, 0.1) is 12.3 Å². The number of rotatable bonds is 5. The van der Waals surface area contributed by atoms with Gasteiger partial charge in [-0.05, 0) is 23.6 Å². The fraction of sp³-hybridized carbons (Fsp3) is 0.400. The first-order valence-corrected chi connectivity index (χ1v) is 6.06. The van der Waals surface area contributed by atoms with E-state index in [0.29, 0.717) is 12.5 Å². The van der Waals surface area contributed by atoms with Crippen molar-refractivity contribution in [2.45, 2.75) is 19.8 Å². The first kappa shape index (κ1) is 14.1. The molecule has 1 rings (SSSR count). The van der Waals surface area contributed by atoms with Crippen molar-refractivity contribution >= 4 is 11.6 Å². The van der Waals surface area contributed by atoms with Crippen molar-refractivity contribution < 1.29 is 4.79 Å². The SMILES string of the molecule is C#CCNC(=O)CN(C)c1cccc(C(C)C)c1. The van der Waals surface area contributed by atoms with E-state index in [0.717, 1.165) is 5.69 Å². The molecule has 0 heterocycles. The lowest BCUT2D eigenvalue weighted by atomic mass is 10.0. The number of nitrogens with zero attached hydrogens (tertiary/aromatic N) is 1. The molecule has 0 atom stereocenters. The van der Waals surface area contributed by atoms with Crippen molar-refractivity contribution in [1.29, 1.82) is 0 Å². The van der Waals surface area contributed by atoms with Crippen LogP contribution >= 0.6 is 0 Å². The summed E-state index contributed by atoms with van der Waals surface area (Å²) in [5, 5.41) is 2.65. The van der Waals surface area contributed by atoms with Crippen molar-refractivity contribution in [3.63, 3.8) is 0 Å². The van der Waals surface area contributed by atoms with Gasteiger partial charge in [-0.1, -0.05) is 31.9 Å². The number of amides is 1. The van der Waals surface area contributed by atoms with Gasteiger partial charge in [0.15, 0.2) is 0 Å². The molecule has 0 unspecified atom stereocenters. The fourth-order valence-electron chi connectivity index (χ4n) is 1.63. The zero-order chi connectivity index (χ0) is 13.5. The summed E-state index contributed by atoms with van der Waals surface area (Å²) in [6.07, 6.45) is 5.09. The second kappa shape index (κ2) is 6.70. The summed E-state index contributed by atoms with van der Waals surface area (Å²) in [6.45, 7) is 4.89. The Kier molecular flexibility index (Phi) is 5.26. The highest BCUT2D eigenvalue weighted by atomic mass is 16.2. The molecule has 1 aromatic rings. The van der Waals surface area contributed by atoms with Crippen molar-refractivity contribution in [3.8, 4) is 12.3 Å². The summed E-state index contributed by atoms with van der Waals surface area (Å²) in [4.78, 5) is 13.5. The second-order valence-corrected chi connectivity index (χ2v) is 4.59. The summed E-state index contributed by atoms with van der Waals surface area (Å²) in [5.41, 5.74) is 2.31. The lowest BCUT2D eigenvalue weighted by Crippen LogP contribution is -2.35. The summed E-state index contributed by atoms with van der Waals surface area (Å²) in [5.74, 6) is 2.80. The zero-order valence-electron chi connectivity index (χ0n) is 11.2. The Morgan fingerprint density at radius 1 is 1.50 bits per heavy atom. The Morgan fingerprint density at radius 3 is 2.83 bits per heavy atom. The molecule has 0 aliphatic carbocycles. The third-order valence-electron chi connectivity index (χ3n) is 2.75. The maximum atomic E-state index is 11.6. The van der Waals surface area contributed by atoms with E-state index in [1.54, 1.807) is 0 Å². The van der Waals surface area contributed by atoms with Crippen molar-refractivity contribution in [2.24, 2.45) is 0 Å². The maximum Gasteiger partial charge on any atom is 0.240 e. The van der Waals surface area contributed by atoms with Gasteiger partial charge in [-0.25, -0.2) is 0 Å². The number of hydrogen-bond acceptors (Lipinski definition) is 2. The minimum Gasteiger partial charge on any atom is -0.365 e. The highest BCUT2D eigenvalue weighted by Gasteiger charge is 2.08. The van der Waals surface area contributed by atoms with E-state index < -0.39 is 0 Å². The molecule has 0 radical (unpaired) electrons. The Balaban J connectivity index is 2.66. The lowest BCUT2D eigenvalue weighted by molar-refractivity contribution is -0.119. The van der Waals surface area contributed by atoms with Gasteiger partial charge in [0.1, 0.15) is 0 Å². The Hall–Kier alpha value is -1.95. The molecule has 3 nitrogen and oxygen atoms in total. The van der Waals surface area contributed by atoms with Crippen LogP contribution in [0.2, 0.25) is 0 Å². The number of likely N-dealkylation sites (N-methyl/N-ethyl adjacent to an activating group) is 1. The monoisotopic (exact) mass is 244 g/mol. The standard InChI is InChI=1S/C15H20N2O/c1-5-9-16-15(18)11-17(4)14-8-6-7-13(10-14)12(2)3/h1,6-8,10,12H,9,11H2,2-4H3,(H,16,18). The number of hydrogen-bond donors (Lipinski definition) is 1. The van der Waals surface area contributed by atoms with E-state index >= 15 is 0 Å². The molecule has 1 aromatic carbocycles. The Bertz CT molecular complexity index is 446. The highest BCUT2D eigenvalue weighted by molar-refractivity contribution is 5.81. The van der Waals surface area contributed by atoms with Gasteiger partial charge in [0.25, 0.3) is 0 Å². The van der Waals surface area contributed by atoms with Crippen LogP contribution in [0.1, 0.15) is 25.3 Å². The van der Waals surface area contributed by atoms with Crippen LogP contribution in [0.15, 0.2) is 24.3 Å². The molecule has 1 N–H and O–H groups in total. The molecule has 0 aliphatic heterocycles. The molecule has 0 saturated heterocycles. The Labute approximate surface area is 109 Å². The molecule has 96 valence electrons. The first-order chi connectivity index (χ1) is 8.54. The van der Waals surface area contributed by atoms with Gasteiger partial charge in [0.05, 0.1) is 13.1 Å². The van der Waals surface area contributed by atoms with Crippen molar-refractivity contribution in [1.82, 2.24) is 5.32 Å². The molecule has 0 aromatic heterocycles. The summed E-state index contributed by atoms with van der Waals surface area (Å²) < 4.78 is 0. The summed E-state index contributed by atoms with van der Waals surface area (Å²) in [6, 6.07) is 8.22. The predicted molar refractivity (Wildman–Crippen MR) is 75.6 cm³/mol. The number of anilines is 1. The number of carbonyl (C=O) groups excluding carboxylic acids is 1. The minimum absolute atomic E-state index is 0.0644. The van der Waals surface area contributed by atoms with Crippen molar-refractivity contribution in [2.75, 3.05) is 25.0 Å². The smallest absolute Gasteiger partial charge is 0.240 e. The quantitative estimate of drug-likeness (QED) is 0.803. The molecule has 3 heteroatoms.